The molecule has 0 spiro atoms. The van der Waals surface area contributed by atoms with Crippen molar-refractivity contribution in [1.82, 2.24) is 9.97 Å². The maximum Gasteiger partial charge on any atom is 0.144 e. The summed E-state index contributed by atoms with van der Waals surface area (Å²) in [5.41, 5.74) is 8.10. The fraction of sp³-hybridized carbons (Fsp3) is 0.692. The third kappa shape index (κ3) is 3.16. The van der Waals surface area contributed by atoms with E-state index in [0.717, 1.165) is 30.2 Å². The molecule has 0 aliphatic heterocycles. The number of aryl methyl sites for hydroxylation is 2. The van der Waals surface area contributed by atoms with E-state index in [1.54, 1.807) is 6.20 Å². The molecule has 0 bridgehead atoms. The quantitative estimate of drug-likeness (QED) is 0.840. The van der Waals surface area contributed by atoms with Crippen LogP contribution in [-0.2, 0) is 0 Å². The molecule has 1 aromatic heterocycles. The molecule has 1 aliphatic rings. The lowest BCUT2D eigenvalue weighted by atomic mass is 9.85. The maximum absolute atomic E-state index is 6.12. The minimum atomic E-state index is 0.343. The molecule has 17 heavy (non-hydrogen) atoms. The van der Waals surface area contributed by atoms with E-state index in [9.17, 15) is 0 Å². The number of hydrogen-bond donors (Lipinski definition) is 2. The lowest BCUT2D eigenvalue weighted by Crippen LogP contribution is -2.37. The first kappa shape index (κ1) is 12.3. The van der Waals surface area contributed by atoms with Crippen LogP contribution in [0.5, 0.6) is 0 Å². The van der Waals surface area contributed by atoms with Crippen molar-refractivity contribution >= 4 is 5.82 Å². The van der Waals surface area contributed by atoms with E-state index in [1.165, 1.54) is 19.3 Å². The number of nitrogens with two attached hydrogens (primary N) is 1. The summed E-state index contributed by atoms with van der Waals surface area (Å²) in [7, 11) is 0. The molecule has 2 rings (SSSR count). The Morgan fingerprint density at radius 2 is 2.06 bits per heavy atom. The number of anilines is 1. The van der Waals surface area contributed by atoms with Crippen LogP contribution in [0.3, 0.4) is 0 Å². The van der Waals surface area contributed by atoms with Gasteiger partial charge in [-0.15, -0.1) is 0 Å². The molecule has 94 valence electrons. The van der Waals surface area contributed by atoms with E-state index in [4.69, 9.17) is 5.73 Å². The molecular formula is C13H22N4. The number of aromatic nitrogens is 2. The molecule has 2 unspecified atom stereocenters. The molecule has 4 nitrogen and oxygen atoms in total. The minimum Gasteiger partial charge on any atom is -0.368 e. The predicted octanol–water partition coefficient (Wildman–Crippen LogP) is 2.02. The largest absolute Gasteiger partial charge is 0.368 e. The van der Waals surface area contributed by atoms with Crippen LogP contribution >= 0.6 is 0 Å². The van der Waals surface area contributed by atoms with Crippen molar-refractivity contribution in [2.45, 2.75) is 45.6 Å². The third-order valence-electron chi connectivity index (χ3n) is 3.71. The Kier molecular flexibility index (Phi) is 3.94. The fourth-order valence-electron chi connectivity index (χ4n) is 2.35. The standard InChI is InChI=1S/C13H22N4/c1-9-10(2)17-13(8-15-9)16-7-11-5-3-4-6-12(11)14/h8,11-12H,3-7,14H2,1-2H3,(H,16,17). The topological polar surface area (TPSA) is 63.8 Å². The Morgan fingerprint density at radius 3 is 2.76 bits per heavy atom. The van der Waals surface area contributed by atoms with Gasteiger partial charge in [0.1, 0.15) is 5.82 Å². The maximum atomic E-state index is 6.12. The first-order valence-corrected chi connectivity index (χ1v) is 6.46. The zero-order chi connectivity index (χ0) is 12.3. The summed E-state index contributed by atoms with van der Waals surface area (Å²) in [4.78, 5) is 8.77. The average molecular weight is 234 g/mol. The molecule has 0 saturated heterocycles. The van der Waals surface area contributed by atoms with Crippen molar-refractivity contribution in [3.8, 4) is 0 Å². The van der Waals surface area contributed by atoms with Gasteiger partial charge < -0.3 is 11.1 Å². The van der Waals surface area contributed by atoms with E-state index in [-0.39, 0.29) is 0 Å². The van der Waals surface area contributed by atoms with E-state index in [0.29, 0.717) is 12.0 Å². The molecule has 0 amide bonds. The van der Waals surface area contributed by atoms with Crippen LogP contribution in [0, 0.1) is 19.8 Å². The van der Waals surface area contributed by atoms with Gasteiger partial charge in [-0.25, -0.2) is 4.98 Å². The molecule has 2 atom stereocenters. The number of nitrogens with zero attached hydrogens (tertiary/aromatic N) is 2. The highest BCUT2D eigenvalue weighted by molar-refractivity contribution is 5.33. The summed E-state index contributed by atoms with van der Waals surface area (Å²) in [5, 5.41) is 3.36. The van der Waals surface area contributed by atoms with Crippen LogP contribution in [0.2, 0.25) is 0 Å². The first-order chi connectivity index (χ1) is 8.16. The van der Waals surface area contributed by atoms with Crippen LogP contribution in [0.4, 0.5) is 5.82 Å². The fourth-order valence-corrected chi connectivity index (χ4v) is 2.35. The van der Waals surface area contributed by atoms with Crippen LogP contribution < -0.4 is 11.1 Å². The predicted molar refractivity (Wildman–Crippen MR) is 69.9 cm³/mol. The van der Waals surface area contributed by atoms with Crippen LogP contribution in [0.1, 0.15) is 37.1 Å². The molecule has 0 radical (unpaired) electrons. The van der Waals surface area contributed by atoms with E-state index in [2.05, 4.69) is 15.3 Å². The van der Waals surface area contributed by atoms with Crippen molar-refractivity contribution in [3.05, 3.63) is 17.6 Å². The van der Waals surface area contributed by atoms with Gasteiger partial charge in [-0.3, -0.25) is 4.98 Å². The molecule has 1 aliphatic carbocycles. The number of rotatable bonds is 3. The van der Waals surface area contributed by atoms with Crippen LogP contribution in [0.15, 0.2) is 6.20 Å². The van der Waals surface area contributed by atoms with Gasteiger partial charge >= 0.3 is 0 Å². The second-order valence-corrected chi connectivity index (χ2v) is 5.02. The summed E-state index contributed by atoms with van der Waals surface area (Å²) in [6.07, 6.45) is 6.77. The highest BCUT2D eigenvalue weighted by atomic mass is 15.0. The van der Waals surface area contributed by atoms with Crippen molar-refractivity contribution in [1.29, 1.82) is 0 Å². The zero-order valence-electron chi connectivity index (χ0n) is 10.7. The third-order valence-corrected chi connectivity index (χ3v) is 3.71. The van der Waals surface area contributed by atoms with Crippen LogP contribution in [-0.4, -0.2) is 22.6 Å². The molecule has 1 fully saturated rings. The lowest BCUT2D eigenvalue weighted by molar-refractivity contribution is 0.321. The summed E-state index contributed by atoms with van der Waals surface area (Å²) >= 11 is 0. The van der Waals surface area contributed by atoms with Crippen LogP contribution in [0.25, 0.3) is 0 Å². The number of hydrogen-bond acceptors (Lipinski definition) is 4. The molecule has 1 aromatic rings. The first-order valence-electron chi connectivity index (χ1n) is 6.46. The second kappa shape index (κ2) is 5.45. The monoisotopic (exact) mass is 234 g/mol. The van der Waals surface area contributed by atoms with Crippen molar-refractivity contribution in [3.63, 3.8) is 0 Å². The molecule has 1 saturated carbocycles. The summed E-state index contributed by atoms with van der Waals surface area (Å²) < 4.78 is 0. The van der Waals surface area contributed by atoms with Crippen molar-refractivity contribution in [2.75, 3.05) is 11.9 Å². The normalized spacial score (nSPS) is 24.6. The van der Waals surface area contributed by atoms with E-state index < -0.39 is 0 Å². The van der Waals surface area contributed by atoms with Crippen molar-refractivity contribution < 1.29 is 0 Å². The van der Waals surface area contributed by atoms with Gasteiger partial charge in [-0.05, 0) is 32.6 Å². The second-order valence-electron chi connectivity index (χ2n) is 5.02. The van der Waals surface area contributed by atoms with Gasteiger partial charge in [-0.2, -0.15) is 0 Å². The minimum absolute atomic E-state index is 0.343. The van der Waals surface area contributed by atoms with Gasteiger partial charge in [-0.1, -0.05) is 12.8 Å². The zero-order valence-corrected chi connectivity index (χ0v) is 10.7. The van der Waals surface area contributed by atoms with Crippen molar-refractivity contribution in [2.24, 2.45) is 11.7 Å². The molecule has 0 aromatic carbocycles. The molecule has 3 N–H and O–H groups in total. The Balaban J connectivity index is 1.90. The van der Waals surface area contributed by atoms with Gasteiger partial charge in [0.15, 0.2) is 0 Å². The van der Waals surface area contributed by atoms with Gasteiger partial charge in [0.05, 0.1) is 17.6 Å². The van der Waals surface area contributed by atoms with E-state index in [1.807, 2.05) is 13.8 Å². The lowest BCUT2D eigenvalue weighted by Gasteiger charge is -2.28. The summed E-state index contributed by atoms with van der Waals surface area (Å²) in [6.45, 7) is 4.88. The molecule has 1 heterocycles. The highest BCUT2D eigenvalue weighted by Crippen LogP contribution is 2.23. The van der Waals surface area contributed by atoms with E-state index >= 15 is 0 Å². The smallest absolute Gasteiger partial charge is 0.144 e. The highest BCUT2D eigenvalue weighted by Gasteiger charge is 2.21. The Hall–Kier alpha value is -1.16. The van der Waals surface area contributed by atoms with Gasteiger partial charge in [0, 0.05) is 12.6 Å². The summed E-state index contributed by atoms with van der Waals surface area (Å²) in [5.74, 6) is 1.44. The average Bonchev–Trinajstić information content (AvgIpc) is 2.32. The number of nitrogens with one attached hydrogen (secondary N) is 1. The Bertz CT molecular complexity index is 378. The Labute approximate surface area is 103 Å². The Morgan fingerprint density at radius 1 is 1.29 bits per heavy atom. The molecular weight excluding hydrogens is 212 g/mol. The summed E-state index contributed by atoms with van der Waals surface area (Å²) in [6, 6.07) is 0.343. The van der Waals surface area contributed by atoms with Gasteiger partial charge in [0.2, 0.25) is 0 Å². The SMILES string of the molecule is Cc1ncc(NCC2CCCCC2N)nc1C. The van der Waals surface area contributed by atoms with Gasteiger partial charge in [0.25, 0.3) is 0 Å². The molecule has 4 heteroatoms.